The van der Waals surface area contributed by atoms with Gasteiger partial charge in [-0.3, -0.25) is 4.79 Å². The van der Waals surface area contributed by atoms with Gasteiger partial charge in [0.2, 0.25) is 5.78 Å². The van der Waals surface area contributed by atoms with E-state index in [9.17, 15) is 15.0 Å². The molecule has 162 valence electrons. The number of phenolic OH excluding ortho intramolecular Hbond substituents is 1. The molecule has 0 saturated carbocycles. The zero-order valence-corrected chi connectivity index (χ0v) is 17.4. The Morgan fingerprint density at radius 1 is 1.16 bits per heavy atom. The van der Waals surface area contributed by atoms with E-state index >= 15 is 0 Å². The number of methoxy groups -OCH3 is 2. The monoisotopic (exact) mass is 426 g/mol. The highest BCUT2D eigenvalue weighted by Gasteiger charge is 2.57. The van der Waals surface area contributed by atoms with E-state index in [0.29, 0.717) is 29.2 Å². The molecule has 0 aliphatic carbocycles. The molecule has 2 aromatic rings. The molecule has 0 aromatic heterocycles. The highest BCUT2D eigenvalue weighted by molar-refractivity contribution is 6.09. The maximum atomic E-state index is 13.6. The molecule has 0 spiro atoms. The van der Waals surface area contributed by atoms with Gasteiger partial charge in [0.25, 0.3) is 0 Å². The Morgan fingerprint density at radius 2 is 1.87 bits per heavy atom. The smallest absolute Gasteiger partial charge is 0.210 e. The fourth-order valence-electron chi connectivity index (χ4n) is 4.42. The van der Waals surface area contributed by atoms with Crippen LogP contribution in [0.15, 0.2) is 30.4 Å². The Balaban J connectivity index is 1.67. The van der Waals surface area contributed by atoms with E-state index in [2.05, 4.69) is 6.58 Å². The summed E-state index contributed by atoms with van der Waals surface area (Å²) >= 11 is 0. The van der Waals surface area contributed by atoms with Crippen molar-refractivity contribution in [2.75, 3.05) is 20.8 Å². The minimum Gasteiger partial charge on any atom is -0.507 e. The first-order valence-electron chi connectivity index (χ1n) is 9.83. The Hall–Kier alpha value is -3.39. The molecule has 2 N–H and O–H groups in total. The van der Waals surface area contributed by atoms with Crippen LogP contribution in [0.25, 0.3) is 0 Å². The summed E-state index contributed by atoms with van der Waals surface area (Å²) in [6.07, 6.45) is -0.845. The highest BCUT2D eigenvalue weighted by Crippen LogP contribution is 2.53. The summed E-state index contributed by atoms with van der Waals surface area (Å²) in [6, 6.07) is 4.44. The fraction of sp³-hybridized carbons (Fsp3) is 0.348. The molecule has 3 atom stereocenters. The van der Waals surface area contributed by atoms with Gasteiger partial charge in [0.05, 0.1) is 14.2 Å². The lowest BCUT2D eigenvalue weighted by Crippen LogP contribution is -2.57. The number of aromatic hydroxyl groups is 1. The summed E-state index contributed by atoms with van der Waals surface area (Å²) < 4.78 is 28.4. The molecule has 3 aliphatic heterocycles. The van der Waals surface area contributed by atoms with Crippen molar-refractivity contribution in [2.45, 2.75) is 31.2 Å². The quantitative estimate of drug-likeness (QED) is 0.722. The molecule has 3 heterocycles. The summed E-state index contributed by atoms with van der Waals surface area (Å²) in [7, 11) is 2.94. The molecule has 0 bridgehead atoms. The maximum Gasteiger partial charge on any atom is 0.210 e. The van der Waals surface area contributed by atoms with Gasteiger partial charge in [-0.1, -0.05) is 6.58 Å². The number of phenols is 1. The first kappa shape index (κ1) is 19.6. The summed E-state index contributed by atoms with van der Waals surface area (Å²) in [5.74, 6) is 0.668. The largest absolute Gasteiger partial charge is 0.507 e. The van der Waals surface area contributed by atoms with E-state index in [0.717, 1.165) is 5.57 Å². The van der Waals surface area contributed by atoms with Crippen molar-refractivity contribution in [1.29, 1.82) is 0 Å². The van der Waals surface area contributed by atoms with Gasteiger partial charge in [-0.25, -0.2) is 0 Å². The molecular formula is C23H22O8. The third-order valence-electron chi connectivity index (χ3n) is 6.12. The minimum absolute atomic E-state index is 0.0701. The van der Waals surface area contributed by atoms with Gasteiger partial charge in [0, 0.05) is 29.7 Å². The standard InChI is InChI=1S/C23H22O8/c1-10(2)14-5-11-15(30-14)7-13(24)20-21(11)31-19-9-29-16-8-18(28-4)17(27-3)6-12(16)23(19,26)22(20)25/h6-8,14,19,24,26H,1,5,9H2,2-4H3/t14-,19+,23-/m1/s1. The zero-order valence-electron chi connectivity index (χ0n) is 17.4. The van der Waals surface area contributed by atoms with Crippen molar-refractivity contribution in [1.82, 2.24) is 0 Å². The number of fused-ring (bicyclic) bond motifs is 6. The Bertz CT molecular complexity index is 1140. The van der Waals surface area contributed by atoms with Crippen molar-refractivity contribution < 1.29 is 38.7 Å². The van der Waals surface area contributed by atoms with E-state index in [1.54, 1.807) is 6.07 Å². The van der Waals surface area contributed by atoms with Crippen molar-refractivity contribution in [3.05, 3.63) is 47.0 Å². The second-order valence-corrected chi connectivity index (χ2v) is 7.95. The van der Waals surface area contributed by atoms with E-state index in [4.69, 9.17) is 23.7 Å². The predicted octanol–water partition coefficient (Wildman–Crippen LogP) is 2.51. The normalized spacial score (nSPS) is 25.1. The Kier molecular flexibility index (Phi) is 4.14. The number of ether oxygens (including phenoxy) is 5. The van der Waals surface area contributed by atoms with Crippen LogP contribution in [0.5, 0.6) is 34.5 Å². The molecule has 3 aliphatic rings. The number of rotatable bonds is 3. The average Bonchev–Trinajstić information content (AvgIpc) is 3.18. The topological polar surface area (TPSA) is 104 Å². The van der Waals surface area contributed by atoms with Crippen molar-refractivity contribution in [3.8, 4) is 34.5 Å². The number of ketones is 1. The zero-order chi connectivity index (χ0) is 22.1. The molecular weight excluding hydrogens is 404 g/mol. The molecule has 31 heavy (non-hydrogen) atoms. The van der Waals surface area contributed by atoms with Crippen LogP contribution in [-0.2, 0) is 12.0 Å². The van der Waals surface area contributed by atoms with Crippen LogP contribution in [0, 0.1) is 0 Å². The second-order valence-electron chi connectivity index (χ2n) is 7.95. The van der Waals surface area contributed by atoms with Crippen LogP contribution in [0.3, 0.4) is 0 Å². The van der Waals surface area contributed by atoms with Gasteiger partial charge >= 0.3 is 0 Å². The van der Waals surface area contributed by atoms with Crippen LogP contribution in [0.4, 0.5) is 0 Å². The lowest BCUT2D eigenvalue weighted by Gasteiger charge is -2.43. The van der Waals surface area contributed by atoms with Crippen LogP contribution < -0.4 is 23.7 Å². The molecule has 8 heteroatoms. The molecule has 0 radical (unpaired) electrons. The fourth-order valence-corrected chi connectivity index (χ4v) is 4.42. The van der Waals surface area contributed by atoms with E-state index in [1.165, 1.54) is 26.4 Å². The first-order valence-corrected chi connectivity index (χ1v) is 9.83. The summed E-state index contributed by atoms with van der Waals surface area (Å²) in [5.41, 5.74) is -0.480. The predicted molar refractivity (Wildman–Crippen MR) is 109 cm³/mol. The molecule has 8 nitrogen and oxygen atoms in total. The number of Topliss-reactive ketones (excluding diaryl/α,β-unsaturated/α-hetero) is 1. The van der Waals surface area contributed by atoms with Crippen molar-refractivity contribution in [3.63, 3.8) is 0 Å². The van der Waals surface area contributed by atoms with E-state index in [1.807, 2.05) is 6.92 Å². The van der Waals surface area contributed by atoms with Crippen LogP contribution in [0.1, 0.15) is 28.4 Å². The average molecular weight is 426 g/mol. The maximum absolute atomic E-state index is 13.6. The molecule has 0 amide bonds. The number of aliphatic hydroxyl groups is 1. The molecule has 0 saturated heterocycles. The first-order chi connectivity index (χ1) is 14.8. The third kappa shape index (κ3) is 2.54. The summed E-state index contributed by atoms with van der Waals surface area (Å²) in [4.78, 5) is 13.6. The molecule has 0 unspecified atom stereocenters. The number of carbonyl (C=O) groups is 1. The molecule has 5 rings (SSSR count). The van der Waals surface area contributed by atoms with Crippen molar-refractivity contribution in [2.24, 2.45) is 0 Å². The van der Waals surface area contributed by atoms with E-state index < -0.39 is 17.5 Å². The minimum atomic E-state index is -2.07. The van der Waals surface area contributed by atoms with Gasteiger partial charge < -0.3 is 33.9 Å². The van der Waals surface area contributed by atoms with Gasteiger partial charge in [-0.05, 0) is 18.6 Å². The summed E-state index contributed by atoms with van der Waals surface area (Å²) in [6.45, 7) is 5.70. The van der Waals surface area contributed by atoms with Gasteiger partial charge in [0.1, 0.15) is 41.3 Å². The van der Waals surface area contributed by atoms with Crippen LogP contribution in [-0.4, -0.2) is 49.0 Å². The van der Waals surface area contributed by atoms with Gasteiger partial charge in [0.15, 0.2) is 23.2 Å². The number of carbonyl (C=O) groups excluding carboxylic acids is 1. The van der Waals surface area contributed by atoms with Crippen LogP contribution in [0.2, 0.25) is 0 Å². The van der Waals surface area contributed by atoms with Gasteiger partial charge in [-0.2, -0.15) is 0 Å². The number of hydrogen-bond donors (Lipinski definition) is 2. The second kappa shape index (κ2) is 6.55. The molecule has 0 fully saturated rings. The molecule has 2 aromatic carbocycles. The SMILES string of the molecule is C=C(C)[C@H]1Cc2c(cc(O)c3c2O[C@H]2COc4cc(OC)c(OC)cc4[C@]2(O)C3=O)O1. The third-order valence-corrected chi connectivity index (χ3v) is 6.12. The highest BCUT2D eigenvalue weighted by atomic mass is 16.6. The van der Waals surface area contributed by atoms with Crippen LogP contribution >= 0.6 is 0 Å². The Morgan fingerprint density at radius 3 is 2.55 bits per heavy atom. The Labute approximate surface area is 178 Å². The number of benzene rings is 2. The summed E-state index contributed by atoms with van der Waals surface area (Å²) in [5, 5.41) is 22.3. The van der Waals surface area contributed by atoms with Crippen molar-refractivity contribution >= 4 is 5.78 Å². The van der Waals surface area contributed by atoms with E-state index in [-0.39, 0.29) is 41.1 Å². The number of hydrogen-bond acceptors (Lipinski definition) is 8. The van der Waals surface area contributed by atoms with Gasteiger partial charge in [-0.15, -0.1) is 0 Å². The lowest BCUT2D eigenvalue weighted by molar-refractivity contribution is -0.0805. The lowest BCUT2D eigenvalue weighted by atomic mass is 9.76.